The predicted molar refractivity (Wildman–Crippen MR) is 66.0 cm³/mol. The molecule has 0 bridgehead atoms. The van der Waals surface area contributed by atoms with E-state index in [1.165, 1.54) is 31.3 Å². The molecule has 0 heterocycles. The number of hydrogen-bond donors (Lipinski definition) is 1. The van der Waals surface area contributed by atoms with Crippen molar-refractivity contribution in [3.8, 4) is 0 Å². The van der Waals surface area contributed by atoms with Gasteiger partial charge in [0, 0.05) is 0 Å². The van der Waals surface area contributed by atoms with Crippen LogP contribution >= 0.6 is 0 Å². The fourth-order valence-corrected chi connectivity index (χ4v) is 5.05. The maximum Gasteiger partial charge on any atom is 0.0622 e. The highest BCUT2D eigenvalue weighted by Gasteiger charge is 2.63. The zero-order valence-corrected chi connectivity index (χ0v) is 10.8. The number of aliphatic hydroxyl groups is 1. The molecule has 3 rings (SSSR count). The summed E-state index contributed by atoms with van der Waals surface area (Å²) in [6, 6.07) is 0. The summed E-state index contributed by atoms with van der Waals surface area (Å²) in [6.07, 6.45) is 4.87. The van der Waals surface area contributed by atoms with E-state index in [1.807, 2.05) is 0 Å². The normalized spacial score (nSPS) is 54.1. The molecule has 3 saturated carbocycles. The molecule has 0 aromatic heterocycles. The van der Waals surface area contributed by atoms with Gasteiger partial charge in [-0.1, -0.05) is 32.9 Å². The van der Waals surface area contributed by atoms with Gasteiger partial charge in [0.15, 0.2) is 0 Å². The number of allylic oxidation sites excluding steroid dienone is 1. The average Bonchev–Trinajstić information content (AvgIpc) is 2.71. The molecule has 3 fully saturated rings. The lowest BCUT2D eigenvalue weighted by Gasteiger charge is -2.34. The molecule has 0 saturated heterocycles. The number of rotatable bonds is 0. The molecular formula is C15H24O. The van der Waals surface area contributed by atoms with Crippen molar-refractivity contribution in [2.75, 3.05) is 0 Å². The van der Waals surface area contributed by atoms with Crippen molar-refractivity contribution in [1.29, 1.82) is 0 Å². The summed E-state index contributed by atoms with van der Waals surface area (Å²) in [5.41, 5.74) is 1.93. The molecule has 3 aliphatic rings. The molecule has 0 aliphatic heterocycles. The third kappa shape index (κ3) is 1.06. The van der Waals surface area contributed by atoms with Gasteiger partial charge in [0.25, 0.3) is 0 Å². The van der Waals surface area contributed by atoms with Gasteiger partial charge in [-0.3, -0.25) is 0 Å². The number of aliphatic hydroxyl groups excluding tert-OH is 1. The Morgan fingerprint density at radius 3 is 2.69 bits per heavy atom. The first-order valence-corrected chi connectivity index (χ1v) is 6.73. The molecule has 0 aromatic carbocycles. The lowest BCUT2D eigenvalue weighted by atomic mass is 9.70. The van der Waals surface area contributed by atoms with Gasteiger partial charge < -0.3 is 5.11 Å². The summed E-state index contributed by atoms with van der Waals surface area (Å²) in [4.78, 5) is 0. The topological polar surface area (TPSA) is 20.2 Å². The zero-order chi connectivity index (χ0) is 11.7. The van der Waals surface area contributed by atoms with E-state index in [0.29, 0.717) is 17.3 Å². The first-order chi connectivity index (χ1) is 7.37. The Hall–Kier alpha value is -0.300. The van der Waals surface area contributed by atoms with Gasteiger partial charge >= 0.3 is 0 Å². The van der Waals surface area contributed by atoms with Gasteiger partial charge in [0.2, 0.25) is 0 Å². The molecule has 0 spiro atoms. The van der Waals surface area contributed by atoms with Crippen LogP contribution in [-0.2, 0) is 0 Å². The van der Waals surface area contributed by atoms with Crippen molar-refractivity contribution in [3.63, 3.8) is 0 Å². The maximum atomic E-state index is 10.5. The maximum absolute atomic E-state index is 10.5. The van der Waals surface area contributed by atoms with Crippen molar-refractivity contribution >= 4 is 0 Å². The summed E-state index contributed by atoms with van der Waals surface area (Å²) in [6.45, 7) is 11.2. The molecule has 90 valence electrons. The highest BCUT2D eigenvalue weighted by molar-refractivity contribution is 5.25. The minimum atomic E-state index is -0.0901. The Morgan fingerprint density at radius 2 is 2.00 bits per heavy atom. The molecule has 1 nitrogen and oxygen atoms in total. The SMILES string of the molecule is C=C1CC[C@@H]2C[C@H]3[C@@H](O)C(C)(C)C[C@H]3[C@]12C. The van der Waals surface area contributed by atoms with Gasteiger partial charge in [0.05, 0.1) is 6.10 Å². The van der Waals surface area contributed by atoms with Gasteiger partial charge in [0.1, 0.15) is 0 Å². The van der Waals surface area contributed by atoms with E-state index in [4.69, 9.17) is 0 Å². The molecule has 1 N–H and O–H groups in total. The third-order valence-corrected chi connectivity index (χ3v) is 6.20. The Morgan fingerprint density at radius 1 is 1.31 bits per heavy atom. The Bertz CT molecular complexity index is 343. The average molecular weight is 220 g/mol. The van der Waals surface area contributed by atoms with E-state index in [1.54, 1.807) is 0 Å². The molecule has 5 atom stereocenters. The molecular weight excluding hydrogens is 196 g/mol. The van der Waals surface area contributed by atoms with Crippen molar-refractivity contribution in [2.24, 2.45) is 28.6 Å². The fourth-order valence-electron chi connectivity index (χ4n) is 5.05. The summed E-state index contributed by atoms with van der Waals surface area (Å²) in [5, 5.41) is 10.5. The molecule has 0 radical (unpaired) electrons. The van der Waals surface area contributed by atoms with E-state index < -0.39 is 0 Å². The van der Waals surface area contributed by atoms with Crippen LogP contribution in [0.1, 0.15) is 46.5 Å². The van der Waals surface area contributed by atoms with E-state index in [2.05, 4.69) is 27.4 Å². The van der Waals surface area contributed by atoms with Gasteiger partial charge in [-0.2, -0.15) is 0 Å². The second-order valence-electron chi connectivity index (χ2n) is 7.27. The van der Waals surface area contributed by atoms with Crippen LogP contribution in [-0.4, -0.2) is 11.2 Å². The summed E-state index contributed by atoms with van der Waals surface area (Å²) >= 11 is 0. The van der Waals surface area contributed by atoms with Crippen LogP contribution in [0.15, 0.2) is 12.2 Å². The quantitative estimate of drug-likeness (QED) is 0.620. The van der Waals surface area contributed by atoms with Crippen LogP contribution in [0.2, 0.25) is 0 Å². The lowest BCUT2D eigenvalue weighted by molar-refractivity contribution is 0.0419. The van der Waals surface area contributed by atoms with Crippen LogP contribution in [0.25, 0.3) is 0 Å². The van der Waals surface area contributed by atoms with Gasteiger partial charge in [-0.15, -0.1) is 0 Å². The van der Waals surface area contributed by atoms with E-state index in [9.17, 15) is 5.11 Å². The predicted octanol–water partition coefficient (Wildman–Crippen LogP) is 3.39. The van der Waals surface area contributed by atoms with Crippen LogP contribution in [0.5, 0.6) is 0 Å². The Balaban J connectivity index is 1.99. The third-order valence-electron chi connectivity index (χ3n) is 6.20. The van der Waals surface area contributed by atoms with Gasteiger partial charge in [-0.25, -0.2) is 0 Å². The molecule has 16 heavy (non-hydrogen) atoms. The second kappa shape index (κ2) is 2.93. The molecule has 0 unspecified atom stereocenters. The minimum Gasteiger partial charge on any atom is -0.392 e. The first kappa shape index (κ1) is 10.8. The van der Waals surface area contributed by atoms with E-state index in [0.717, 1.165) is 5.92 Å². The van der Waals surface area contributed by atoms with Crippen LogP contribution < -0.4 is 0 Å². The highest BCUT2D eigenvalue weighted by atomic mass is 16.3. The first-order valence-electron chi connectivity index (χ1n) is 6.73. The summed E-state index contributed by atoms with van der Waals surface area (Å²) in [5.74, 6) is 2.04. The Labute approximate surface area is 98.9 Å². The highest BCUT2D eigenvalue weighted by Crippen LogP contribution is 2.68. The molecule has 0 amide bonds. The van der Waals surface area contributed by atoms with Gasteiger partial charge in [-0.05, 0) is 54.3 Å². The lowest BCUT2D eigenvalue weighted by Crippen LogP contribution is -2.28. The second-order valence-corrected chi connectivity index (χ2v) is 7.27. The van der Waals surface area contributed by atoms with Crippen molar-refractivity contribution in [1.82, 2.24) is 0 Å². The van der Waals surface area contributed by atoms with Crippen LogP contribution in [0.4, 0.5) is 0 Å². The summed E-state index contributed by atoms with van der Waals surface area (Å²) < 4.78 is 0. The van der Waals surface area contributed by atoms with Crippen LogP contribution in [0.3, 0.4) is 0 Å². The molecule has 0 aromatic rings. The Kier molecular flexibility index (Phi) is 1.98. The smallest absolute Gasteiger partial charge is 0.0622 e. The molecule has 3 aliphatic carbocycles. The summed E-state index contributed by atoms with van der Waals surface area (Å²) in [7, 11) is 0. The largest absolute Gasteiger partial charge is 0.392 e. The monoisotopic (exact) mass is 220 g/mol. The zero-order valence-electron chi connectivity index (χ0n) is 10.8. The number of hydrogen-bond acceptors (Lipinski definition) is 1. The standard InChI is InChI=1S/C15H24O/c1-9-5-6-10-7-11-12(15(9,10)4)8-14(2,3)13(11)16/h10-13,16H,1,5-8H2,2-4H3/t10-,11-,12-,13-,15-/m1/s1. The van der Waals surface area contributed by atoms with E-state index in [-0.39, 0.29) is 11.5 Å². The molecule has 1 heteroatoms. The van der Waals surface area contributed by atoms with E-state index >= 15 is 0 Å². The fraction of sp³-hybridized carbons (Fsp3) is 0.867. The van der Waals surface area contributed by atoms with Crippen molar-refractivity contribution < 1.29 is 5.11 Å². The number of fused-ring (bicyclic) bond motifs is 3. The minimum absolute atomic E-state index is 0.0901. The van der Waals surface area contributed by atoms with Crippen LogP contribution in [0, 0.1) is 28.6 Å². The van der Waals surface area contributed by atoms with Crippen molar-refractivity contribution in [2.45, 2.75) is 52.6 Å². The van der Waals surface area contributed by atoms with Crippen molar-refractivity contribution in [3.05, 3.63) is 12.2 Å².